The van der Waals surface area contributed by atoms with E-state index in [1.54, 1.807) is 0 Å². The fourth-order valence-electron chi connectivity index (χ4n) is 0.806. The molecule has 0 spiro atoms. The van der Waals surface area contributed by atoms with Crippen LogP contribution in [0.3, 0.4) is 0 Å². The molecule has 80 valence electrons. The number of hydrogen-bond acceptors (Lipinski definition) is 1. The molecule has 0 aromatic carbocycles. The predicted molar refractivity (Wildman–Crippen MR) is 50.0 cm³/mol. The van der Waals surface area contributed by atoms with E-state index in [-0.39, 0.29) is 5.41 Å². The summed E-state index contributed by atoms with van der Waals surface area (Å²) in [5.74, 6) is 0. The molecule has 14 heavy (non-hydrogen) atoms. The third-order valence-corrected chi connectivity index (χ3v) is 1.43. The van der Waals surface area contributed by atoms with Crippen LogP contribution in [0, 0.1) is 0 Å². The Morgan fingerprint density at radius 3 is 1.86 bits per heavy atom. The van der Waals surface area contributed by atoms with Crippen LogP contribution < -0.4 is 0 Å². The topological polar surface area (TPSA) is 12.9 Å². The van der Waals surface area contributed by atoms with Gasteiger partial charge in [-0.15, -0.1) is 0 Å². The molecule has 0 unspecified atom stereocenters. The van der Waals surface area contributed by atoms with Gasteiger partial charge in [0, 0.05) is 17.3 Å². The SMILES string of the molecule is CC(C)(C)c1ccccn1.FC(F)F. The summed E-state index contributed by atoms with van der Waals surface area (Å²) < 4.78 is 29.0. The molecule has 1 aromatic rings. The Hall–Kier alpha value is -1.06. The zero-order valence-electron chi connectivity index (χ0n) is 8.47. The van der Waals surface area contributed by atoms with Crippen molar-refractivity contribution in [3.05, 3.63) is 30.1 Å². The molecule has 1 nitrogen and oxygen atoms in total. The van der Waals surface area contributed by atoms with Gasteiger partial charge in [0.15, 0.2) is 0 Å². The first-order valence-corrected chi connectivity index (χ1v) is 4.18. The van der Waals surface area contributed by atoms with E-state index in [1.807, 2.05) is 18.3 Å². The fourth-order valence-corrected chi connectivity index (χ4v) is 0.806. The maximum absolute atomic E-state index is 9.67. The normalized spacial score (nSPS) is 10.8. The zero-order valence-corrected chi connectivity index (χ0v) is 8.47. The van der Waals surface area contributed by atoms with Gasteiger partial charge in [-0.05, 0) is 12.1 Å². The number of alkyl halides is 3. The second kappa shape index (κ2) is 5.62. The number of rotatable bonds is 0. The quantitative estimate of drug-likeness (QED) is 0.631. The highest BCUT2D eigenvalue weighted by atomic mass is 19.4. The summed E-state index contributed by atoms with van der Waals surface area (Å²) in [6.45, 7) is 2.82. The van der Waals surface area contributed by atoms with E-state index >= 15 is 0 Å². The molecule has 0 aliphatic heterocycles. The molecule has 0 aliphatic carbocycles. The Kier molecular flexibility index (Phi) is 5.20. The van der Waals surface area contributed by atoms with Crippen LogP contribution in [0.1, 0.15) is 26.5 Å². The maximum Gasteiger partial charge on any atom is 0.379 e. The number of pyridine rings is 1. The largest absolute Gasteiger partial charge is 0.379 e. The minimum absolute atomic E-state index is 0.182. The molecule has 0 aliphatic rings. The van der Waals surface area contributed by atoms with Gasteiger partial charge in [-0.25, -0.2) is 0 Å². The van der Waals surface area contributed by atoms with Crippen LogP contribution in [-0.4, -0.2) is 11.7 Å². The van der Waals surface area contributed by atoms with Crippen LogP contribution in [-0.2, 0) is 5.41 Å². The predicted octanol–water partition coefficient (Wildman–Crippen LogP) is 3.56. The highest BCUT2D eigenvalue weighted by Gasteiger charge is 2.13. The van der Waals surface area contributed by atoms with Gasteiger partial charge >= 0.3 is 6.68 Å². The summed E-state index contributed by atoms with van der Waals surface area (Å²) >= 11 is 0. The Morgan fingerprint density at radius 1 is 1.14 bits per heavy atom. The second-order valence-electron chi connectivity index (χ2n) is 3.71. The van der Waals surface area contributed by atoms with Crippen LogP contribution in [0.25, 0.3) is 0 Å². The summed E-state index contributed by atoms with van der Waals surface area (Å²) in [6, 6.07) is 6.02. The lowest BCUT2D eigenvalue weighted by molar-refractivity contribution is 0.00819. The first kappa shape index (κ1) is 12.9. The van der Waals surface area contributed by atoms with Gasteiger partial charge < -0.3 is 0 Å². The van der Waals surface area contributed by atoms with Gasteiger partial charge in [0.1, 0.15) is 0 Å². The summed E-state index contributed by atoms with van der Waals surface area (Å²) in [6.07, 6.45) is 1.83. The van der Waals surface area contributed by atoms with Crippen molar-refractivity contribution in [2.24, 2.45) is 0 Å². The molecule has 0 saturated carbocycles. The Bertz CT molecular complexity index is 239. The summed E-state index contributed by atoms with van der Waals surface area (Å²) in [5, 5.41) is 0. The van der Waals surface area contributed by atoms with Gasteiger partial charge in [0.25, 0.3) is 0 Å². The lowest BCUT2D eigenvalue weighted by atomic mass is 9.92. The Labute approximate surface area is 82.0 Å². The monoisotopic (exact) mass is 205 g/mol. The van der Waals surface area contributed by atoms with Crippen molar-refractivity contribution in [1.29, 1.82) is 0 Å². The van der Waals surface area contributed by atoms with Crippen LogP contribution in [0.15, 0.2) is 24.4 Å². The van der Waals surface area contributed by atoms with Crippen molar-refractivity contribution < 1.29 is 13.2 Å². The van der Waals surface area contributed by atoms with Crippen molar-refractivity contribution in [2.75, 3.05) is 0 Å². The molecule has 1 heterocycles. The van der Waals surface area contributed by atoms with Crippen molar-refractivity contribution in [1.82, 2.24) is 4.98 Å². The van der Waals surface area contributed by atoms with Crippen LogP contribution >= 0.6 is 0 Å². The van der Waals surface area contributed by atoms with E-state index < -0.39 is 6.68 Å². The highest BCUT2D eigenvalue weighted by Crippen LogP contribution is 2.18. The standard InChI is InChI=1S/C9H13N.CHF3/c1-9(2,3)8-6-4-5-7-10-8;2-1(3)4/h4-7H,1-3H3;1H. The summed E-state index contributed by atoms with van der Waals surface area (Å²) in [5.41, 5.74) is 1.33. The Morgan fingerprint density at radius 2 is 1.64 bits per heavy atom. The number of halogens is 3. The van der Waals surface area contributed by atoms with Crippen molar-refractivity contribution in [2.45, 2.75) is 32.9 Å². The molecular weight excluding hydrogens is 191 g/mol. The highest BCUT2D eigenvalue weighted by molar-refractivity contribution is 5.12. The first-order valence-electron chi connectivity index (χ1n) is 4.18. The summed E-state index contributed by atoms with van der Waals surface area (Å²) in [4.78, 5) is 4.25. The fraction of sp³-hybridized carbons (Fsp3) is 0.500. The smallest absolute Gasteiger partial charge is 0.261 e. The molecule has 1 rings (SSSR count). The summed E-state index contributed by atoms with van der Waals surface area (Å²) in [7, 11) is 0. The van der Waals surface area contributed by atoms with Crippen LogP contribution in [0.2, 0.25) is 0 Å². The van der Waals surface area contributed by atoms with E-state index in [9.17, 15) is 13.2 Å². The second-order valence-corrected chi connectivity index (χ2v) is 3.71. The molecule has 0 radical (unpaired) electrons. The van der Waals surface area contributed by atoms with Crippen molar-refractivity contribution in [3.8, 4) is 0 Å². The molecule has 0 atom stereocenters. The molecular formula is C10H14F3N. The number of nitrogens with zero attached hydrogens (tertiary/aromatic N) is 1. The minimum atomic E-state index is -3.67. The van der Waals surface area contributed by atoms with E-state index in [1.165, 1.54) is 0 Å². The number of hydrogen-bond donors (Lipinski definition) is 0. The van der Waals surface area contributed by atoms with E-state index in [4.69, 9.17) is 0 Å². The third kappa shape index (κ3) is 6.46. The van der Waals surface area contributed by atoms with Gasteiger partial charge in [0.2, 0.25) is 0 Å². The first-order chi connectivity index (χ1) is 6.34. The van der Waals surface area contributed by atoms with Gasteiger partial charge in [-0.2, -0.15) is 13.2 Å². The molecule has 0 amide bonds. The molecule has 0 bridgehead atoms. The average molecular weight is 205 g/mol. The molecule has 1 aromatic heterocycles. The molecule has 4 heteroatoms. The van der Waals surface area contributed by atoms with E-state index in [0.29, 0.717) is 0 Å². The van der Waals surface area contributed by atoms with Crippen molar-refractivity contribution in [3.63, 3.8) is 0 Å². The van der Waals surface area contributed by atoms with Crippen LogP contribution in [0.5, 0.6) is 0 Å². The molecule has 0 N–H and O–H groups in total. The van der Waals surface area contributed by atoms with E-state index in [0.717, 1.165) is 5.69 Å². The average Bonchev–Trinajstić information content (AvgIpc) is 2.03. The Balaban J connectivity index is 0.000000364. The van der Waals surface area contributed by atoms with Gasteiger partial charge in [-0.1, -0.05) is 26.8 Å². The van der Waals surface area contributed by atoms with Gasteiger partial charge in [-0.3, -0.25) is 4.98 Å². The molecule has 0 fully saturated rings. The lowest BCUT2D eigenvalue weighted by Gasteiger charge is -2.16. The third-order valence-electron chi connectivity index (χ3n) is 1.43. The number of aromatic nitrogens is 1. The van der Waals surface area contributed by atoms with E-state index in [2.05, 4.69) is 31.8 Å². The lowest BCUT2D eigenvalue weighted by Crippen LogP contribution is -2.12. The van der Waals surface area contributed by atoms with Crippen molar-refractivity contribution >= 4 is 0 Å². The zero-order chi connectivity index (χ0) is 11.2. The van der Waals surface area contributed by atoms with Gasteiger partial charge in [0.05, 0.1) is 0 Å². The van der Waals surface area contributed by atoms with Crippen LogP contribution in [0.4, 0.5) is 13.2 Å². The minimum Gasteiger partial charge on any atom is -0.261 e. The maximum atomic E-state index is 9.67. The molecule has 0 saturated heterocycles.